The van der Waals surface area contributed by atoms with Gasteiger partial charge in [0.25, 0.3) is 0 Å². The van der Waals surface area contributed by atoms with Crippen molar-refractivity contribution in [3.05, 3.63) is 40.3 Å². The van der Waals surface area contributed by atoms with Crippen LogP contribution >= 0.6 is 15.9 Å². The first-order chi connectivity index (χ1) is 9.54. The molecule has 1 aromatic carbocycles. The van der Waals surface area contributed by atoms with Gasteiger partial charge in [-0.15, -0.1) is 0 Å². The fraction of sp³-hybridized carbons (Fsp3) is 0.231. The largest absolute Gasteiger partial charge is 0.354 e. The zero-order valence-electron chi connectivity index (χ0n) is 10.6. The summed E-state index contributed by atoms with van der Waals surface area (Å²) in [5.74, 6) is -2.54. The molecule has 2 rings (SSSR count). The van der Waals surface area contributed by atoms with Gasteiger partial charge in [0.05, 0.1) is 16.2 Å². The number of hydrogen-bond donors (Lipinski definition) is 1. The normalized spacial score (nSPS) is 10.7. The van der Waals surface area contributed by atoms with Gasteiger partial charge in [-0.2, -0.15) is 0 Å². The van der Waals surface area contributed by atoms with Crippen molar-refractivity contribution < 1.29 is 13.2 Å². The first-order valence-electron chi connectivity index (χ1n) is 5.94. The van der Waals surface area contributed by atoms with E-state index in [0.717, 1.165) is 18.7 Å². The molecule has 0 bridgehead atoms. The molecule has 0 amide bonds. The Morgan fingerprint density at radius 2 is 1.95 bits per heavy atom. The minimum atomic E-state index is -0.899. The zero-order chi connectivity index (χ0) is 14.7. The first kappa shape index (κ1) is 14.8. The third-order valence-corrected chi connectivity index (χ3v) is 3.17. The summed E-state index contributed by atoms with van der Waals surface area (Å²) in [6.07, 6.45) is 1.70. The summed E-state index contributed by atoms with van der Waals surface area (Å²) in [7, 11) is 0. The number of hydrogen-bond acceptors (Lipinski definition) is 3. The second-order valence-electron chi connectivity index (χ2n) is 4.04. The van der Waals surface area contributed by atoms with Crippen LogP contribution in [0, 0.1) is 17.5 Å². The number of benzene rings is 1. The Morgan fingerprint density at radius 3 is 2.65 bits per heavy atom. The molecule has 0 fully saturated rings. The second-order valence-corrected chi connectivity index (χ2v) is 4.89. The van der Waals surface area contributed by atoms with E-state index >= 15 is 0 Å². The van der Waals surface area contributed by atoms with Gasteiger partial charge in [0, 0.05) is 6.54 Å². The maximum atomic E-state index is 14.0. The quantitative estimate of drug-likeness (QED) is 0.846. The Morgan fingerprint density at radius 1 is 1.20 bits per heavy atom. The molecule has 106 valence electrons. The van der Waals surface area contributed by atoms with E-state index in [9.17, 15) is 13.2 Å². The van der Waals surface area contributed by atoms with Crippen molar-refractivity contribution in [2.45, 2.75) is 13.3 Å². The van der Waals surface area contributed by atoms with Crippen LogP contribution in [-0.4, -0.2) is 16.5 Å². The number of halogens is 4. The Labute approximate surface area is 122 Å². The van der Waals surface area contributed by atoms with E-state index in [0.29, 0.717) is 6.54 Å². The van der Waals surface area contributed by atoms with E-state index in [2.05, 4.69) is 31.2 Å². The van der Waals surface area contributed by atoms with E-state index in [1.54, 1.807) is 0 Å². The van der Waals surface area contributed by atoms with Crippen LogP contribution in [-0.2, 0) is 0 Å². The lowest BCUT2D eigenvalue weighted by Crippen LogP contribution is -2.07. The molecule has 2 aromatic rings. The van der Waals surface area contributed by atoms with E-state index in [-0.39, 0.29) is 10.4 Å². The van der Waals surface area contributed by atoms with Crippen LogP contribution in [0.4, 0.5) is 19.1 Å². The maximum Gasteiger partial charge on any atom is 0.223 e. The van der Waals surface area contributed by atoms with Crippen LogP contribution in [0.5, 0.6) is 0 Å². The van der Waals surface area contributed by atoms with Crippen molar-refractivity contribution in [2.75, 3.05) is 11.9 Å². The fourth-order valence-corrected chi connectivity index (χ4v) is 1.94. The van der Waals surface area contributed by atoms with Gasteiger partial charge in [0.2, 0.25) is 5.95 Å². The molecule has 7 heteroatoms. The number of aromatic nitrogens is 2. The molecule has 0 atom stereocenters. The molecule has 3 nitrogen and oxygen atoms in total. The summed E-state index contributed by atoms with van der Waals surface area (Å²) in [5.41, 5.74) is -0.922. The van der Waals surface area contributed by atoms with Crippen molar-refractivity contribution >= 4 is 21.9 Å². The average Bonchev–Trinajstić information content (AvgIpc) is 2.44. The maximum absolute atomic E-state index is 14.0. The minimum Gasteiger partial charge on any atom is -0.354 e. The molecule has 0 radical (unpaired) electrons. The van der Waals surface area contributed by atoms with Gasteiger partial charge in [-0.1, -0.05) is 6.92 Å². The lowest BCUT2D eigenvalue weighted by molar-refractivity contribution is 0.574. The molecular weight excluding hydrogens is 335 g/mol. The number of nitrogens with zero attached hydrogens (tertiary/aromatic N) is 2. The summed E-state index contributed by atoms with van der Waals surface area (Å²) in [4.78, 5) is 7.57. The third-order valence-electron chi connectivity index (χ3n) is 2.56. The van der Waals surface area contributed by atoms with Gasteiger partial charge in [0.15, 0.2) is 5.82 Å². The van der Waals surface area contributed by atoms with Crippen LogP contribution in [0.3, 0.4) is 0 Å². The number of anilines is 1. The minimum absolute atomic E-state index is 0.0370. The third kappa shape index (κ3) is 2.92. The Bertz CT molecular complexity index is 634. The molecule has 20 heavy (non-hydrogen) atoms. The van der Waals surface area contributed by atoms with Crippen LogP contribution in [0.25, 0.3) is 11.3 Å². The predicted octanol–water partition coefficient (Wildman–Crippen LogP) is 4.15. The van der Waals surface area contributed by atoms with Gasteiger partial charge in [-0.3, -0.25) is 0 Å². The number of nitrogens with one attached hydrogen (secondary N) is 1. The topological polar surface area (TPSA) is 37.8 Å². The van der Waals surface area contributed by atoms with Gasteiger partial charge < -0.3 is 5.32 Å². The Kier molecular flexibility index (Phi) is 4.59. The highest BCUT2D eigenvalue weighted by Crippen LogP contribution is 2.31. The van der Waals surface area contributed by atoms with Gasteiger partial charge >= 0.3 is 0 Å². The molecule has 0 saturated heterocycles. The molecule has 0 unspecified atom stereocenters. The summed E-state index contributed by atoms with van der Waals surface area (Å²) >= 11 is 2.94. The highest BCUT2D eigenvalue weighted by atomic mass is 79.9. The molecule has 1 heterocycles. The molecule has 0 aliphatic rings. The molecule has 0 saturated carbocycles. The zero-order valence-corrected chi connectivity index (χ0v) is 12.1. The SMILES string of the molecule is CCCNc1ncc(F)c(-c2c(F)ccc(Br)c2F)n1. The van der Waals surface area contributed by atoms with Crippen LogP contribution in [0.2, 0.25) is 0 Å². The van der Waals surface area contributed by atoms with Gasteiger partial charge in [0.1, 0.15) is 17.3 Å². The highest BCUT2D eigenvalue weighted by molar-refractivity contribution is 9.10. The van der Waals surface area contributed by atoms with E-state index < -0.39 is 28.7 Å². The molecule has 0 spiro atoms. The van der Waals surface area contributed by atoms with Crippen molar-refractivity contribution in [3.8, 4) is 11.3 Å². The van der Waals surface area contributed by atoms with E-state index in [1.165, 1.54) is 6.07 Å². The second kappa shape index (κ2) is 6.21. The summed E-state index contributed by atoms with van der Waals surface area (Å²) in [6.45, 7) is 2.51. The fourth-order valence-electron chi connectivity index (χ4n) is 1.61. The molecular formula is C13H11BrF3N3. The van der Waals surface area contributed by atoms with Crippen LogP contribution in [0.1, 0.15) is 13.3 Å². The lowest BCUT2D eigenvalue weighted by atomic mass is 10.1. The van der Waals surface area contributed by atoms with Gasteiger partial charge in [-0.05, 0) is 34.5 Å². The Balaban J connectivity index is 2.54. The van der Waals surface area contributed by atoms with Crippen LogP contribution in [0.15, 0.2) is 22.8 Å². The summed E-state index contributed by atoms with van der Waals surface area (Å²) < 4.78 is 41.6. The van der Waals surface area contributed by atoms with E-state index in [1.807, 2.05) is 6.92 Å². The van der Waals surface area contributed by atoms with Crippen molar-refractivity contribution in [3.63, 3.8) is 0 Å². The molecule has 1 aromatic heterocycles. The first-order valence-corrected chi connectivity index (χ1v) is 6.74. The smallest absolute Gasteiger partial charge is 0.223 e. The molecule has 0 aliphatic carbocycles. The van der Waals surface area contributed by atoms with E-state index in [4.69, 9.17) is 0 Å². The van der Waals surface area contributed by atoms with Crippen molar-refractivity contribution in [2.24, 2.45) is 0 Å². The Hall–Kier alpha value is -1.63. The van der Waals surface area contributed by atoms with Crippen molar-refractivity contribution in [1.82, 2.24) is 9.97 Å². The number of rotatable bonds is 4. The average molecular weight is 346 g/mol. The lowest BCUT2D eigenvalue weighted by Gasteiger charge is -2.09. The summed E-state index contributed by atoms with van der Waals surface area (Å²) in [5, 5.41) is 2.84. The van der Waals surface area contributed by atoms with Crippen LogP contribution < -0.4 is 5.32 Å². The standard InChI is InChI=1S/C13H11BrF3N3/c1-2-5-18-13-19-6-9(16)12(20-13)10-8(15)4-3-7(14)11(10)17/h3-4,6H,2,5H2,1H3,(H,18,19,20). The highest BCUT2D eigenvalue weighted by Gasteiger charge is 2.20. The molecule has 1 N–H and O–H groups in total. The van der Waals surface area contributed by atoms with Gasteiger partial charge in [-0.25, -0.2) is 23.1 Å². The molecule has 0 aliphatic heterocycles. The summed E-state index contributed by atoms with van der Waals surface area (Å²) in [6, 6.07) is 2.26. The monoisotopic (exact) mass is 345 g/mol. The predicted molar refractivity (Wildman–Crippen MR) is 73.8 cm³/mol. The van der Waals surface area contributed by atoms with Crippen molar-refractivity contribution in [1.29, 1.82) is 0 Å².